The first-order valence-corrected chi connectivity index (χ1v) is 8.04. The zero-order valence-corrected chi connectivity index (χ0v) is 13.6. The highest BCUT2D eigenvalue weighted by atomic mass is 16.6. The number of carbonyl (C=O) groups excluding carboxylic acids is 2. The SMILES string of the molecule is CCOC(=O)[C@H]1CCC[NH+](CC(=O)Nc2ccccc2[N+](=O)[O-])C1. The molecule has 1 heterocycles. The number of nitro benzene ring substituents is 1. The Labute approximate surface area is 139 Å². The maximum absolute atomic E-state index is 12.2. The number of amides is 1. The molecule has 0 spiro atoms. The highest BCUT2D eigenvalue weighted by Crippen LogP contribution is 2.22. The third kappa shape index (κ3) is 4.76. The van der Waals surface area contributed by atoms with Gasteiger partial charge in [-0.1, -0.05) is 12.1 Å². The number of quaternary nitrogens is 1. The van der Waals surface area contributed by atoms with Crippen LogP contribution in [0, 0.1) is 16.0 Å². The Kier molecular flexibility index (Phi) is 6.25. The van der Waals surface area contributed by atoms with Crippen molar-refractivity contribution in [1.29, 1.82) is 0 Å². The highest BCUT2D eigenvalue weighted by molar-refractivity contribution is 5.93. The van der Waals surface area contributed by atoms with E-state index in [4.69, 9.17) is 4.74 Å². The van der Waals surface area contributed by atoms with Gasteiger partial charge in [0.1, 0.15) is 11.6 Å². The molecule has 8 heteroatoms. The highest BCUT2D eigenvalue weighted by Gasteiger charge is 2.31. The molecular weight excluding hydrogens is 314 g/mol. The molecule has 0 bridgehead atoms. The fraction of sp³-hybridized carbons (Fsp3) is 0.500. The summed E-state index contributed by atoms with van der Waals surface area (Å²) in [7, 11) is 0. The molecule has 1 aromatic rings. The second-order valence-corrected chi connectivity index (χ2v) is 5.79. The average molecular weight is 336 g/mol. The van der Waals surface area contributed by atoms with E-state index in [0.717, 1.165) is 24.3 Å². The van der Waals surface area contributed by atoms with Crippen molar-refractivity contribution in [3.63, 3.8) is 0 Å². The van der Waals surface area contributed by atoms with E-state index in [1.54, 1.807) is 19.1 Å². The van der Waals surface area contributed by atoms with E-state index in [2.05, 4.69) is 5.32 Å². The zero-order valence-electron chi connectivity index (χ0n) is 13.6. The average Bonchev–Trinajstić information content (AvgIpc) is 2.55. The van der Waals surface area contributed by atoms with E-state index in [1.807, 2.05) is 0 Å². The lowest BCUT2D eigenvalue weighted by Gasteiger charge is -2.28. The molecule has 2 atom stereocenters. The number of benzene rings is 1. The minimum Gasteiger partial charge on any atom is -0.466 e. The number of hydrogen-bond donors (Lipinski definition) is 2. The standard InChI is InChI=1S/C16H21N3O5/c1-2-24-16(21)12-6-5-9-18(10-12)11-15(20)17-13-7-3-4-8-14(13)19(22)23/h3-4,7-8,12H,2,5-6,9-11H2,1H3,(H,17,20)/p+1/t12-/m0/s1. The van der Waals surface area contributed by atoms with E-state index in [9.17, 15) is 19.7 Å². The largest absolute Gasteiger partial charge is 0.466 e. The van der Waals surface area contributed by atoms with E-state index in [0.29, 0.717) is 13.2 Å². The molecule has 1 unspecified atom stereocenters. The van der Waals surface area contributed by atoms with Crippen molar-refractivity contribution in [3.8, 4) is 0 Å². The van der Waals surface area contributed by atoms with Crippen molar-refractivity contribution in [2.24, 2.45) is 5.92 Å². The van der Waals surface area contributed by atoms with Gasteiger partial charge < -0.3 is 15.0 Å². The topological polar surface area (TPSA) is 103 Å². The van der Waals surface area contributed by atoms with Gasteiger partial charge in [0.2, 0.25) is 0 Å². The van der Waals surface area contributed by atoms with Gasteiger partial charge in [-0.15, -0.1) is 0 Å². The van der Waals surface area contributed by atoms with Gasteiger partial charge >= 0.3 is 5.97 Å². The number of hydrogen-bond acceptors (Lipinski definition) is 5. The summed E-state index contributed by atoms with van der Waals surface area (Å²) in [5.74, 6) is -0.704. The number of carbonyl (C=O) groups is 2. The monoisotopic (exact) mass is 336 g/mol. The van der Waals surface area contributed by atoms with E-state index in [-0.39, 0.29) is 35.7 Å². The Bertz CT molecular complexity index is 619. The molecule has 1 saturated heterocycles. The first-order chi connectivity index (χ1) is 11.5. The van der Waals surface area contributed by atoms with Gasteiger partial charge in [-0.05, 0) is 25.8 Å². The van der Waals surface area contributed by atoms with Crippen molar-refractivity contribution in [3.05, 3.63) is 34.4 Å². The molecule has 8 nitrogen and oxygen atoms in total. The Morgan fingerprint density at radius 1 is 1.42 bits per heavy atom. The molecule has 24 heavy (non-hydrogen) atoms. The van der Waals surface area contributed by atoms with Crippen LogP contribution in [0.1, 0.15) is 19.8 Å². The molecule has 1 aliphatic heterocycles. The number of rotatable bonds is 6. The van der Waals surface area contributed by atoms with Gasteiger partial charge in [-0.3, -0.25) is 19.7 Å². The maximum atomic E-state index is 12.2. The number of nitro groups is 1. The molecule has 0 radical (unpaired) electrons. The normalized spacial score (nSPS) is 20.2. The van der Waals surface area contributed by atoms with Gasteiger partial charge in [0, 0.05) is 6.07 Å². The van der Waals surface area contributed by atoms with Crippen LogP contribution in [0.2, 0.25) is 0 Å². The summed E-state index contributed by atoms with van der Waals surface area (Å²) in [4.78, 5) is 35.4. The predicted molar refractivity (Wildman–Crippen MR) is 86.6 cm³/mol. The minimum atomic E-state index is -0.528. The van der Waals surface area contributed by atoms with Crippen LogP contribution < -0.4 is 10.2 Å². The summed E-state index contributed by atoms with van der Waals surface area (Å²) in [5, 5.41) is 13.6. The van der Waals surface area contributed by atoms with Crippen LogP contribution in [-0.2, 0) is 14.3 Å². The molecule has 130 valence electrons. The summed E-state index contributed by atoms with van der Waals surface area (Å²) < 4.78 is 5.04. The number of esters is 1. The van der Waals surface area contributed by atoms with Crippen molar-refractivity contribution in [2.45, 2.75) is 19.8 Å². The van der Waals surface area contributed by atoms with Crippen LogP contribution in [-0.4, -0.2) is 43.0 Å². The van der Waals surface area contributed by atoms with Crippen molar-refractivity contribution in [2.75, 3.05) is 31.6 Å². The maximum Gasteiger partial charge on any atom is 0.314 e. The summed E-state index contributed by atoms with van der Waals surface area (Å²) in [6.45, 7) is 3.62. The molecule has 1 aliphatic rings. The Hall–Kier alpha value is -2.48. The Morgan fingerprint density at radius 2 is 2.17 bits per heavy atom. The second kappa shape index (κ2) is 8.39. The quantitative estimate of drug-likeness (QED) is 0.444. The molecule has 0 aliphatic carbocycles. The van der Waals surface area contributed by atoms with Crippen LogP contribution in [0.5, 0.6) is 0 Å². The Balaban J connectivity index is 1.93. The van der Waals surface area contributed by atoms with Crippen molar-refractivity contribution in [1.82, 2.24) is 0 Å². The van der Waals surface area contributed by atoms with Gasteiger partial charge in [-0.25, -0.2) is 0 Å². The third-order valence-corrected chi connectivity index (χ3v) is 4.02. The van der Waals surface area contributed by atoms with Crippen LogP contribution >= 0.6 is 0 Å². The number of nitrogens with one attached hydrogen (secondary N) is 2. The fourth-order valence-corrected chi connectivity index (χ4v) is 2.93. The van der Waals surface area contributed by atoms with E-state index in [1.165, 1.54) is 12.1 Å². The number of ether oxygens (including phenoxy) is 1. The van der Waals surface area contributed by atoms with Gasteiger partial charge in [0.15, 0.2) is 6.54 Å². The van der Waals surface area contributed by atoms with E-state index >= 15 is 0 Å². The smallest absolute Gasteiger partial charge is 0.314 e. The predicted octanol–water partition coefficient (Wildman–Crippen LogP) is 0.391. The number of nitrogens with zero attached hydrogens (tertiary/aromatic N) is 1. The summed E-state index contributed by atoms with van der Waals surface area (Å²) in [6, 6.07) is 6.03. The minimum absolute atomic E-state index is 0.135. The number of likely N-dealkylation sites (tertiary alicyclic amines) is 1. The van der Waals surface area contributed by atoms with Gasteiger partial charge in [0.05, 0.1) is 24.6 Å². The molecular formula is C16H22N3O5+. The molecule has 1 fully saturated rings. The third-order valence-electron chi connectivity index (χ3n) is 4.02. The fourth-order valence-electron chi connectivity index (χ4n) is 2.93. The molecule has 1 aromatic carbocycles. The van der Waals surface area contributed by atoms with Crippen LogP contribution in [0.4, 0.5) is 11.4 Å². The van der Waals surface area contributed by atoms with Crippen LogP contribution in [0.3, 0.4) is 0 Å². The molecule has 2 rings (SSSR count). The van der Waals surface area contributed by atoms with E-state index < -0.39 is 4.92 Å². The second-order valence-electron chi connectivity index (χ2n) is 5.79. The van der Waals surface area contributed by atoms with Gasteiger partial charge in [0.25, 0.3) is 11.6 Å². The Morgan fingerprint density at radius 3 is 2.88 bits per heavy atom. The van der Waals surface area contributed by atoms with Crippen molar-refractivity contribution >= 4 is 23.3 Å². The van der Waals surface area contributed by atoms with Gasteiger partial charge in [-0.2, -0.15) is 0 Å². The van der Waals surface area contributed by atoms with Crippen molar-refractivity contribution < 1.29 is 24.1 Å². The van der Waals surface area contributed by atoms with Crippen LogP contribution in [0.25, 0.3) is 0 Å². The lowest BCUT2D eigenvalue weighted by molar-refractivity contribution is -0.899. The summed E-state index contributed by atoms with van der Waals surface area (Å²) >= 11 is 0. The number of anilines is 1. The molecule has 0 saturated carbocycles. The molecule has 2 N–H and O–H groups in total. The zero-order chi connectivity index (χ0) is 17.5. The lowest BCUT2D eigenvalue weighted by Crippen LogP contribution is -3.14. The number of para-hydroxylation sites is 2. The lowest BCUT2D eigenvalue weighted by atomic mass is 9.98. The van der Waals surface area contributed by atoms with Crippen LogP contribution in [0.15, 0.2) is 24.3 Å². The summed E-state index contributed by atoms with van der Waals surface area (Å²) in [5.41, 5.74) is 0.0507. The summed E-state index contributed by atoms with van der Waals surface area (Å²) in [6.07, 6.45) is 1.62. The first-order valence-electron chi connectivity index (χ1n) is 8.04. The first kappa shape index (κ1) is 17.9. The molecule has 0 aromatic heterocycles. The molecule has 1 amide bonds. The number of piperidine rings is 1.